The normalized spacial score (nSPS) is 18.2. The first-order chi connectivity index (χ1) is 15.6. The number of rotatable bonds is 3. The molecule has 7 nitrogen and oxygen atoms in total. The Morgan fingerprint density at radius 2 is 1.91 bits per heavy atom. The summed E-state index contributed by atoms with van der Waals surface area (Å²) in [6, 6.07) is 3.89. The van der Waals surface area contributed by atoms with Gasteiger partial charge >= 0.3 is 6.18 Å². The molecule has 0 saturated carbocycles. The number of benzene rings is 1. The maximum Gasteiger partial charge on any atom is 0.416 e. The van der Waals surface area contributed by atoms with Gasteiger partial charge in [-0.25, -0.2) is 9.37 Å². The Kier molecular flexibility index (Phi) is 5.59. The van der Waals surface area contributed by atoms with Crippen molar-refractivity contribution in [1.29, 1.82) is 0 Å². The van der Waals surface area contributed by atoms with Gasteiger partial charge in [-0.1, -0.05) is 6.07 Å². The lowest BCUT2D eigenvalue weighted by Crippen LogP contribution is -2.47. The number of carbonyl (C=O) groups excluding carboxylic acids is 1. The van der Waals surface area contributed by atoms with Crippen molar-refractivity contribution in [3.8, 4) is 17.3 Å². The largest absolute Gasteiger partial charge is 0.494 e. The monoisotopic (exact) mass is 463 g/mol. The van der Waals surface area contributed by atoms with E-state index in [4.69, 9.17) is 4.74 Å². The summed E-state index contributed by atoms with van der Waals surface area (Å²) in [5.41, 5.74) is -1.06. The molecule has 0 radical (unpaired) electrons. The van der Waals surface area contributed by atoms with Crippen molar-refractivity contribution in [1.82, 2.24) is 24.6 Å². The van der Waals surface area contributed by atoms with Crippen LogP contribution in [0.1, 0.15) is 47.2 Å². The van der Waals surface area contributed by atoms with Crippen molar-refractivity contribution in [3.05, 3.63) is 58.8 Å². The highest BCUT2D eigenvalue weighted by molar-refractivity contribution is 5.96. The van der Waals surface area contributed by atoms with Crippen LogP contribution in [0, 0.1) is 12.7 Å². The molecule has 4 rings (SSSR count). The SMILES string of the molecule is COc1ccnc(-c2nnc3n2CC(C)N(C(=O)c2cccc(C(F)(F)F)c2C)C3C)c1F. The van der Waals surface area contributed by atoms with Gasteiger partial charge in [0.25, 0.3) is 5.91 Å². The van der Waals surface area contributed by atoms with Gasteiger partial charge in [0.2, 0.25) is 0 Å². The van der Waals surface area contributed by atoms with Crippen LogP contribution in [-0.4, -0.2) is 43.7 Å². The summed E-state index contributed by atoms with van der Waals surface area (Å²) in [6.45, 7) is 4.97. The quantitative estimate of drug-likeness (QED) is 0.538. The van der Waals surface area contributed by atoms with Crippen LogP contribution < -0.4 is 4.74 Å². The molecule has 3 heterocycles. The number of carbonyl (C=O) groups is 1. The summed E-state index contributed by atoms with van der Waals surface area (Å²) in [4.78, 5) is 18.9. The average Bonchev–Trinajstić information content (AvgIpc) is 3.17. The number of fused-ring (bicyclic) bond motifs is 1. The van der Waals surface area contributed by atoms with Gasteiger partial charge in [-0.3, -0.25) is 4.79 Å². The van der Waals surface area contributed by atoms with Gasteiger partial charge < -0.3 is 14.2 Å². The number of amides is 1. The van der Waals surface area contributed by atoms with Crippen LogP contribution in [-0.2, 0) is 12.7 Å². The van der Waals surface area contributed by atoms with Gasteiger partial charge in [0, 0.05) is 30.4 Å². The summed E-state index contributed by atoms with van der Waals surface area (Å²) < 4.78 is 61.5. The summed E-state index contributed by atoms with van der Waals surface area (Å²) in [7, 11) is 1.34. The fraction of sp³-hybridized carbons (Fsp3) is 0.364. The highest BCUT2D eigenvalue weighted by atomic mass is 19.4. The lowest BCUT2D eigenvalue weighted by atomic mass is 9.99. The Balaban J connectivity index is 1.73. The number of alkyl halides is 3. The first-order valence-corrected chi connectivity index (χ1v) is 10.2. The molecular weight excluding hydrogens is 442 g/mol. The number of nitrogens with zero attached hydrogens (tertiary/aromatic N) is 5. The Hall–Kier alpha value is -3.50. The third kappa shape index (κ3) is 3.70. The van der Waals surface area contributed by atoms with Gasteiger partial charge in [-0.2, -0.15) is 13.2 Å². The number of hydrogen-bond donors (Lipinski definition) is 0. The summed E-state index contributed by atoms with van der Waals surface area (Å²) in [5.74, 6) is -0.660. The van der Waals surface area contributed by atoms with Crippen LogP contribution >= 0.6 is 0 Å². The number of methoxy groups -OCH3 is 1. The average molecular weight is 463 g/mol. The van der Waals surface area contributed by atoms with E-state index >= 15 is 0 Å². The van der Waals surface area contributed by atoms with Crippen molar-refractivity contribution in [2.75, 3.05) is 7.11 Å². The zero-order valence-corrected chi connectivity index (χ0v) is 18.3. The molecule has 1 aromatic carbocycles. The molecule has 1 amide bonds. The molecule has 0 fully saturated rings. The first kappa shape index (κ1) is 22.7. The molecule has 2 unspecified atom stereocenters. The number of pyridine rings is 1. The van der Waals surface area contributed by atoms with Crippen molar-refractivity contribution in [3.63, 3.8) is 0 Å². The van der Waals surface area contributed by atoms with Crippen molar-refractivity contribution in [2.45, 2.75) is 45.6 Å². The van der Waals surface area contributed by atoms with Gasteiger partial charge in [0.15, 0.2) is 23.2 Å². The fourth-order valence-corrected chi connectivity index (χ4v) is 4.27. The molecule has 33 heavy (non-hydrogen) atoms. The van der Waals surface area contributed by atoms with E-state index in [0.29, 0.717) is 5.82 Å². The van der Waals surface area contributed by atoms with Gasteiger partial charge in [0.05, 0.1) is 18.7 Å². The van der Waals surface area contributed by atoms with Crippen LogP contribution in [0.15, 0.2) is 30.5 Å². The molecule has 2 aromatic heterocycles. The van der Waals surface area contributed by atoms with Crippen LogP contribution in [0.25, 0.3) is 11.5 Å². The second kappa shape index (κ2) is 8.13. The molecule has 0 bridgehead atoms. The maximum absolute atomic E-state index is 14.8. The van der Waals surface area contributed by atoms with Gasteiger partial charge in [-0.15, -0.1) is 10.2 Å². The third-order valence-corrected chi connectivity index (χ3v) is 5.88. The molecule has 1 aliphatic heterocycles. The topological polar surface area (TPSA) is 73.1 Å². The molecule has 0 aliphatic carbocycles. The molecule has 0 N–H and O–H groups in total. The lowest BCUT2D eigenvalue weighted by molar-refractivity contribution is -0.138. The summed E-state index contributed by atoms with van der Waals surface area (Å²) in [6.07, 6.45) is -3.18. The second-order valence-corrected chi connectivity index (χ2v) is 7.88. The van der Waals surface area contributed by atoms with E-state index in [9.17, 15) is 22.4 Å². The first-order valence-electron chi connectivity index (χ1n) is 10.2. The standard InChI is InChI=1S/C22H21F4N5O2/c1-11-10-30-19(28-29-20(30)18-17(23)16(33-4)8-9-27-18)13(3)31(11)21(32)14-6-5-7-15(12(14)2)22(24,25)26/h5-9,11,13H,10H2,1-4H3. The van der Waals surface area contributed by atoms with Gasteiger partial charge in [-0.05, 0) is 38.5 Å². The predicted octanol–water partition coefficient (Wildman–Crippen LogP) is 4.42. The minimum absolute atomic E-state index is 0.00563. The van der Waals surface area contributed by atoms with Crippen LogP contribution in [0.4, 0.5) is 17.6 Å². The molecule has 11 heteroatoms. The molecule has 2 atom stereocenters. The number of hydrogen-bond acceptors (Lipinski definition) is 5. The highest BCUT2D eigenvalue weighted by Crippen LogP contribution is 2.36. The Bertz CT molecular complexity index is 1220. The molecule has 3 aromatic rings. The van der Waals surface area contributed by atoms with Crippen molar-refractivity contribution in [2.24, 2.45) is 0 Å². The smallest absolute Gasteiger partial charge is 0.416 e. The Labute approximate surface area is 187 Å². The fourth-order valence-electron chi connectivity index (χ4n) is 4.27. The zero-order valence-electron chi connectivity index (χ0n) is 18.3. The van der Waals surface area contributed by atoms with Crippen LogP contribution in [0.3, 0.4) is 0 Å². The predicted molar refractivity (Wildman–Crippen MR) is 110 cm³/mol. The summed E-state index contributed by atoms with van der Waals surface area (Å²) >= 11 is 0. The number of aromatic nitrogens is 4. The van der Waals surface area contributed by atoms with Gasteiger partial charge in [0.1, 0.15) is 5.69 Å². The van der Waals surface area contributed by atoms with E-state index in [1.54, 1.807) is 18.4 Å². The van der Waals surface area contributed by atoms with Crippen molar-refractivity contribution < 1.29 is 27.1 Å². The molecule has 174 valence electrons. The van der Waals surface area contributed by atoms with E-state index in [0.717, 1.165) is 6.07 Å². The van der Waals surface area contributed by atoms with E-state index in [-0.39, 0.29) is 34.9 Å². The lowest BCUT2D eigenvalue weighted by Gasteiger charge is -2.39. The third-order valence-electron chi connectivity index (χ3n) is 5.88. The minimum Gasteiger partial charge on any atom is -0.494 e. The molecule has 0 spiro atoms. The minimum atomic E-state index is -4.57. The number of ether oxygens (including phenoxy) is 1. The van der Waals surface area contributed by atoms with Crippen LogP contribution in [0.5, 0.6) is 5.75 Å². The zero-order chi connectivity index (χ0) is 24.1. The Morgan fingerprint density at radius 1 is 1.18 bits per heavy atom. The maximum atomic E-state index is 14.8. The highest BCUT2D eigenvalue weighted by Gasteiger charge is 2.39. The Morgan fingerprint density at radius 3 is 2.58 bits per heavy atom. The summed E-state index contributed by atoms with van der Waals surface area (Å²) in [5, 5.41) is 8.23. The second-order valence-electron chi connectivity index (χ2n) is 7.88. The van der Waals surface area contributed by atoms with E-state index in [2.05, 4.69) is 15.2 Å². The molecule has 0 saturated heterocycles. The molecular formula is C22H21F4N5O2. The van der Waals surface area contributed by atoms with Crippen LogP contribution in [0.2, 0.25) is 0 Å². The van der Waals surface area contributed by atoms with E-state index in [1.807, 2.05) is 0 Å². The van der Waals surface area contributed by atoms with Crippen molar-refractivity contribution >= 4 is 5.91 Å². The molecule has 1 aliphatic rings. The number of halogens is 4. The van der Waals surface area contributed by atoms with E-state index < -0.39 is 35.5 Å². The van der Waals surface area contributed by atoms with E-state index in [1.165, 1.54) is 43.3 Å².